The molecule has 0 aromatic heterocycles. The van der Waals surface area contributed by atoms with Gasteiger partial charge in [0.15, 0.2) is 0 Å². The van der Waals surface area contributed by atoms with Crippen molar-refractivity contribution in [2.24, 2.45) is 11.8 Å². The quantitative estimate of drug-likeness (QED) is 0.615. The monoisotopic (exact) mass is 197 g/mol. The molecule has 0 aromatic rings. The van der Waals surface area contributed by atoms with Crippen LogP contribution in [0.4, 0.5) is 0 Å². The fourth-order valence-electron chi connectivity index (χ4n) is 1.56. The van der Waals surface area contributed by atoms with Crippen molar-refractivity contribution in [3.63, 3.8) is 0 Å². The number of esters is 1. The summed E-state index contributed by atoms with van der Waals surface area (Å²) in [4.78, 5) is 10.9. The number of methoxy groups -OCH3 is 1. The molecule has 0 amide bonds. The summed E-state index contributed by atoms with van der Waals surface area (Å²) in [5.41, 5.74) is 0. The second kappa shape index (κ2) is 7.37. The molecule has 0 spiro atoms. The summed E-state index contributed by atoms with van der Waals surface area (Å²) < 4.78 is 4.53. The first-order valence-corrected chi connectivity index (χ1v) is 5.10. The molecule has 0 saturated heterocycles. The summed E-state index contributed by atoms with van der Waals surface area (Å²) in [7, 11) is 1.35. The lowest BCUT2D eigenvalue weighted by atomic mass is 9.91. The van der Waals surface area contributed by atoms with Crippen LogP contribution in [-0.2, 0) is 9.53 Å². The minimum atomic E-state index is -0.291. The largest absolute Gasteiger partial charge is 0.469 e. The van der Waals surface area contributed by atoms with E-state index in [9.17, 15) is 4.79 Å². The topological polar surface area (TPSA) is 50.1 Å². The van der Waals surface area contributed by atoms with Crippen molar-refractivity contribution in [1.29, 1.82) is 5.26 Å². The minimum absolute atomic E-state index is 0.191. The Balaban J connectivity index is 3.91. The molecule has 0 bridgehead atoms. The zero-order valence-electron chi connectivity index (χ0n) is 9.25. The predicted octanol–water partition coefficient (Wildman–Crippen LogP) is 2.52. The number of carbonyl (C=O) groups is 1. The van der Waals surface area contributed by atoms with Crippen molar-refractivity contribution in [3.8, 4) is 6.07 Å². The maximum absolute atomic E-state index is 10.9. The second-order valence-electron chi connectivity index (χ2n) is 3.74. The Kier molecular flexibility index (Phi) is 6.82. The molecule has 0 aliphatic rings. The molecule has 0 aliphatic carbocycles. The zero-order valence-corrected chi connectivity index (χ0v) is 9.25. The zero-order chi connectivity index (χ0) is 11.0. The normalized spacial score (nSPS) is 14.1. The number of hydrogen-bond donors (Lipinski definition) is 0. The van der Waals surface area contributed by atoms with E-state index in [4.69, 9.17) is 5.26 Å². The van der Waals surface area contributed by atoms with Gasteiger partial charge in [-0.3, -0.25) is 4.79 Å². The Morgan fingerprint density at radius 3 is 2.64 bits per heavy atom. The standard InChI is InChI=1S/C11H19NO2/c1-4-5-9(2)6-10(8-12)7-11(13)14-3/h9-10H,4-7H2,1-3H3/t9-,10?/m1/s1. The third kappa shape index (κ3) is 5.58. The van der Waals surface area contributed by atoms with Crippen molar-refractivity contribution in [3.05, 3.63) is 0 Å². The van der Waals surface area contributed by atoms with Gasteiger partial charge in [-0.05, 0) is 12.3 Å². The lowest BCUT2D eigenvalue weighted by Crippen LogP contribution is -2.11. The minimum Gasteiger partial charge on any atom is -0.469 e. The molecule has 80 valence electrons. The van der Waals surface area contributed by atoms with E-state index >= 15 is 0 Å². The molecule has 3 heteroatoms. The van der Waals surface area contributed by atoms with Crippen LogP contribution in [-0.4, -0.2) is 13.1 Å². The van der Waals surface area contributed by atoms with Gasteiger partial charge in [-0.1, -0.05) is 26.7 Å². The summed E-state index contributed by atoms with van der Waals surface area (Å²) in [6.07, 6.45) is 3.25. The number of ether oxygens (including phenoxy) is 1. The number of nitrogens with zero attached hydrogens (tertiary/aromatic N) is 1. The van der Waals surface area contributed by atoms with Crippen LogP contribution in [0.3, 0.4) is 0 Å². The highest BCUT2D eigenvalue weighted by Crippen LogP contribution is 2.19. The van der Waals surface area contributed by atoms with E-state index in [0.29, 0.717) is 5.92 Å². The average Bonchev–Trinajstić information content (AvgIpc) is 2.16. The number of carbonyl (C=O) groups excluding carboxylic acids is 1. The molecule has 0 saturated carbocycles. The number of hydrogen-bond acceptors (Lipinski definition) is 3. The van der Waals surface area contributed by atoms with E-state index in [2.05, 4.69) is 24.7 Å². The Labute approximate surface area is 86.1 Å². The third-order valence-corrected chi connectivity index (χ3v) is 2.29. The van der Waals surface area contributed by atoms with Crippen LogP contribution in [0.25, 0.3) is 0 Å². The number of nitriles is 1. The Morgan fingerprint density at radius 2 is 2.21 bits per heavy atom. The van der Waals surface area contributed by atoms with Crippen molar-refractivity contribution in [1.82, 2.24) is 0 Å². The van der Waals surface area contributed by atoms with Crippen LogP contribution in [0, 0.1) is 23.2 Å². The SMILES string of the molecule is CCC[C@@H](C)CC(C#N)CC(=O)OC. The van der Waals surface area contributed by atoms with Crippen LogP contribution in [0.15, 0.2) is 0 Å². The molecule has 0 aliphatic heterocycles. The Bertz CT molecular complexity index is 208. The Morgan fingerprint density at radius 1 is 1.57 bits per heavy atom. The van der Waals surface area contributed by atoms with E-state index in [0.717, 1.165) is 19.3 Å². The third-order valence-electron chi connectivity index (χ3n) is 2.29. The molecule has 0 aromatic carbocycles. The first kappa shape index (κ1) is 13.0. The summed E-state index contributed by atoms with van der Waals surface area (Å²) >= 11 is 0. The lowest BCUT2D eigenvalue weighted by Gasteiger charge is -2.13. The first-order valence-electron chi connectivity index (χ1n) is 5.10. The highest BCUT2D eigenvalue weighted by atomic mass is 16.5. The van der Waals surface area contributed by atoms with Gasteiger partial charge in [0.05, 0.1) is 25.5 Å². The number of rotatable bonds is 6. The smallest absolute Gasteiger partial charge is 0.306 e. The molecule has 0 N–H and O–H groups in total. The summed E-state index contributed by atoms with van der Waals surface area (Å²) in [6.45, 7) is 4.24. The van der Waals surface area contributed by atoms with Gasteiger partial charge in [0.25, 0.3) is 0 Å². The van der Waals surface area contributed by atoms with Gasteiger partial charge >= 0.3 is 5.97 Å². The van der Waals surface area contributed by atoms with Gasteiger partial charge in [-0.15, -0.1) is 0 Å². The summed E-state index contributed by atoms with van der Waals surface area (Å²) in [6, 6.07) is 2.16. The van der Waals surface area contributed by atoms with Gasteiger partial charge in [-0.2, -0.15) is 5.26 Å². The van der Waals surface area contributed by atoms with Gasteiger partial charge in [-0.25, -0.2) is 0 Å². The van der Waals surface area contributed by atoms with Gasteiger partial charge in [0.2, 0.25) is 0 Å². The maximum Gasteiger partial charge on any atom is 0.306 e. The van der Waals surface area contributed by atoms with Crippen LogP contribution < -0.4 is 0 Å². The van der Waals surface area contributed by atoms with Gasteiger partial charge < -0.3 is 4.74 Å². The first-order chi connectivity index (χ1) is 6.63. The van der Waals surface area contributed by atoms with Crippen molar-refractivity contribution < 1.29 is 9.53 Å². The average molecular weight is 197 g/mol. The predicted molar refractivity (Wildman–Crippen MR) is 54.4 cm³/mol. The Hall–Kier alpha value is -1.04. The fraction of sp³-hybridized carbons (Fsp3) is 0.818. The molecule has 0 fully saturated rings. The van der Waals surface area contributed by atoms with Crippen LogP contribution in [0.2, 0.25) is 0 Å². The molecule has 14 heavy (non-hydrogen) atoms. The molecular weight excluding hydrogens is 178 g/mol. The second-order valence-corrected chi connectivity index (χ2v) is 3.74. The van der Waals surface area contributed by atoms with Crippen molar-refractivity contribution in [2.45, 2.75) is 39.5 Å². The van der Waals surface area contributed by atoms with E-state index in [1.165, 1.54) is 7.11 Å². The van der Waals surface area contributed by atoms with Crippen LogP contribution in [0.5, 0.6) is 0 Å². The van der Waals surface area contributed by atoms with E-state index in [1.807, 2.05) is 0 Å². The molecule has 0 rings (SSSR count). The molecule has 0 radical (unpaired) electrons. The maximum atomic E-state index is 10.9. The summed E-state index contributed by atoms with van der Waals surface area (Å²) in [5, 5.41) is 8.83. The van der Waals surface area contributed by atoms with E-state index in [-0.39, 0.29) is 18.3 Å². The van der Waals surface area contributed by atoms with Crippen LogP contribution in [0.1, 0.15) is 39.5 Å². The molecule has 0 heterocycles. The van der Waals surface area contributed by atoms with E-state index in [1.54, 1.807) is 0 Å². The van der Waals surface area contributed by atoms with E-state index < -0.39 is 0 Å². The fourth-order valence-corrected chi connectivity index (χ4v) is 1.56. The molecule has 3 nitrogen and oxygen atoms in total. The lowest BCUT2D eigenvalue weighted by molar-refractivity contribution is -0.141. The van der Waals surface area contributed by atoms with Gasteiger partial charge in [0, 0.05) is 0 Å². The van der Waals surface area contributed by atoms with Gasteiger partial charge in [0.1, 0.15) is 0 Å². The molecule has 2 atom stereocenters. The molecule has 1 unspecified atom stereocenters. The van der Waals surface area contributed by atoms with Crippen molar-refractivity contribution >= 4 is 5.97 Å². The highest BCUT2D eigenvalue weighted by molar-refractivity contribution is 5.69. The van der Waals surface area contributed by atoms with Crippen molar-refractivity contribution in [2.75, 3.05) is 7.11 Å². The van der Waals surface area contributed by atoms with Crippen LogP contribution >= 0.6 is 0 Å². The molecular formula is C11H19NO2. The summed E-state index contributed by atoms with van der Waals surface area (Å²) in [5.74, 6) is 0.0264. The highest BCUT2D eigenvalue weighted by Gasteiger charge is 2.16.